The molecule has 0 saturated heterocycles. The first-order valence-corrected chi connectivity index (χ1v) is 4.54. The number of hydrogen-bond acceptors (Lipinski definition) is 3. The Morgan fingerprint density at radius 3 is 2.80 bits per heavy atom. The molecule has 0 unspecified atom stereocenters. The quantitative estimate of drug-likeness (QED) is 0.786. The second-order valence-electron chi connectivity index (χ2n) is 3.29. The van der Waals surface area contributed by atoms with Crippen molar-refractivity contribution in [3.05, 3.63) is 35.4 Å². The van der Waals surface area contributed by atoms with Gasteiger partial charge >= 0.3 is 0 Å². The Morgan fingerprint density at radius 1 is 1.47 bits per heavy atom. The van der Waals surface area contributed by atoms with Crippen LogP contribution in [0.4, 0.5) is 5.82 Å². The third kappa shape index (κ3) is 1.90. The van der Waals surface area contributed by atoms with Crippen LogP contribution in [-0.4, -0.2) is 16.1 Å². The zero-order chi connectivity index (χ0) is 10.8. The molecule has 0 bridgehead atoms. The third-order valence-electron chi connectivity index (χ3n) is 2.03. The third-order valence-corrected chi connectivity index (χ3v) is 2.03. The first-order chi connectivity index (χ1) is 7.16. The maximum atomic E-state index is 11.6. The SMILES string of the molecule is Cc1ccc(C(=O)Nc2[nH]ncc2C)o1. The van der Waals surface area contributed by atoms with Gasteiger partial charge in [0.25, 0.3) is 5.91 Å². The van der Waals surface area contributed by atoms with E-state index in [4.69, 9.17) is 4.42 Å². The maximum Gasteiger partial charge on any atom is 0.292 e. The van der Waals surface area contributed by atoms with Gasteiger partial charge in [0, 0.05) is 5.56 Å². The predicted octanol–water partition coefficient (Wildman–Crippen LogP) is 1.87. The summed E-state index contributed by atoms with van der Waals surface area (Å²) in [5, 5.41) is 9.16. The van der Waals surface area contributed by atoms with Crippen molar-refractivity contribution < 1.29 is 9.21 Å². The van der Waals surface area contributed by atoms with Gasteiger partial charge in [-0.25, -0.2) is 0 Å². The van der Waals surface area contributed by atoms with Crippen LogP contribution in [0.15, 0.2) is 22.7 Å². The van der Waals surface area contributed by atoms with Crippen molar-refractivity contribution in [2.75, 3.05) is 5.32 Å². The van der Waals surface area contributed by atoms with Gasteiger partial charge in [-0.15, -0.1) is 0 Å². The highest BCUT2D eigenvalue weighted by atomic mass is 16.3. The zero-order valence-electron chi connectivity index (χ0n) is 8.50. The molecular formula is C10H11N3O2. The van der Waals surface area contributed by atoms with Gasteiger partial charge in [0.15, 0.2) is 5.76 Å². The van der Waals surface area contributed by atoms with Crippen LogP contribution in [0.25, 0.3) is 0 Å². The highest BCUT2D eigenvalue weighted by molar-refractivity contribution is 6.02. The molecule has 5 nitrogen and oxygen atoms in total. The van der Waals surface area contributed by atoms with Gasteiger partial charge in [-0.1, -0.05) is 0 Å². The van der Waals surface area contributed by atoms with E-state index in [1.165, 1.54) is 0 Å². The molecule has 0 saturated carbocycles. The molecule has 2 rings (SSSR count). The van der Waals surface area contributed by atoms with E-state index in [1.54, 1.807) is 25.3 Å². The van der Waals surface area contributed by atoms with Crippen LogP contribution in [0, 0.1) is 13.8 Å². The molecule has 0 aromatic carbocycles. The molecule has 5 heteroatoms. The molecule has 15 heavy (non-hydrogen) atoms. The van der Waals surface area contributed by atoms with Gasteiger partial charge in [0.2, 0.25) is 0 Å². The Labute approximate surface area is 86.5 Å². The largest absolute Gasteiger partial charge is 0.456 e. The molecular weight excluding hydrogens is 194 g/mol. The van der Waals surface area contributed by atoms with Crippen molar-refractivity contribution in [2.45, 2.75) is 13.8 Å². The first-order valence-electron chi connectivity index (χ1n) is 4.54. The van der Waals surface area contributed by atoms with E-state index in [-0.39, 0.29) is 5.91 Å². The van der Waals surface area contributed by atoms with Crippen molar-refractivity contribution in [2.24, 2.45) is 0 Å². The van der Waals surface area contributed by atoms with Gasteiger partial charge in [0.05, 0.1) is 6.20 Å². The van der Waals surface area contributed by atoms with Crippen LogP contribution in [0.1, 0.15) is 21.9 Å². The monoisotopic (exact) mass is 205 g/mol. The fourth-order valence-corrected chi connectivity index (χ4v) is 1.20. The number of hydrogen-bond donors (Lipinski definition) is 2. The first kappa shape index (κ1) is 9.51. The smallest absolute Gasteiger partial charge is 0.292 e. The Hall–Kier alpha value is -2.04. The molecule has 2 N–H and O–H groups in total. The van der Waals surface area contributed by atoms with Crippen LogP contribution < -0.4 is 5.32 Å². The number of amides is 1. The van der Waals surface area contributed by atoms with E-state index in [9.17, 15) is 4.79 Å². The van der Waals surface area contributed by atoms with E-state index in [2.05, 4.69) is 15.5 Å². The van der Waals surface area contributed by atoms with Crippen molar-refractivity contribution in [3.8, 4) is 0 Å². The summed E-state index contributed by atoms with van der Waals surface area (Å²) in [4.78, 5) is 11.6. The highest BCUT2D eigenvalue weighted by Gasteiger charge is 2.11. The maximum absolute atomic E-state index is 11.6. The van der Waals surface area contributed by atoms with Crippen molar-refractivity contribution in [3.63, 3.8) is 0 Å². The average molecular weight is 205 g/mol. The lowest BCUT2D eigenvalue weighted by Crippen LogP contribution is -2.11. The lowest BCUT2D eigenvalue weighted by molar-refractivity contribution is 0.0995. The molecule has 2 heterocycles. The Kier molecular flexibility index (Phi) is 2.29. The minimum Gasteiger partial charge on any atom is -0.456 e. The number of furan rings is 1. The number of aryl methyl sites for hydroxylation is 2. The Bertz CT molecular complexity index is 484. The summed E-state index contributed by atoms with van der Waals surface area (Å²) in [5.74, 6) is 1.31. The van der Waals surface area contributed by atoms with Gasteiger partial charge in [-0.2, -0.15) is 5.10 Å². The number of aromatic nitrogens is 2. The minimum absolute atomic E-state index is 0.282. The number of aromatic amines is 1. The molecule has 0 spiro atoms. The fraction of sp³-hybridized carbons (Fsp3) is 0.200. The number of nitrogens with zero attached hydrogens (tertiary/aromatic N) is 1. The van der Waals surface area contributed by atoms with Gasteiger partial charge in [-0.05, 0) is 26.0 Å². The predicted molar refractivity (Wildman–Crippen MR) is 54.7 cm³/mol. The molecule has 0 radical (unpaired) electrons. The van der Waals surface area contributed by atoms with Crippen molar-refractivity contribution in [1.82, 2.24) is 10.2 Å². The Balaban J connectivity index is 2.14. The molecule has 2 aromatic rings. The zero-order valence-corrected chi connectivity index (χ0v) is 8.50. The summed E-state index contributed by atoms with van der Waals surface area (Å²) < 4.78 is 5.19. The van der Waals surface area contributed by atoms with Crippen LogP contribution in [0.3, 0.4) is 0 Å². The normalized spacial score (nSPS) is 10.3. The molecule has 0 aliphatic carbocycles. The second-order valence-corrected chi connectivity index (χ2v) is 3.29. The lowest BCUT2D eigenvalue weighted by atomic mass is 10.3. The molecule has 1 amide bonds. The summed E-state index contributed by atoms with van der Waals surface area (Å²) in [6, 6.07) is 3.38. The number of rotatable bonds is 2. The standard InChI is InChI=1S/C10H11N3O2/c1-6-5-11-13-9(6)12-10(14)8-4-3-7(2)15-8/h3-5H,1-2H3,(H2,11,12,13,14). The second kappa shape index (κ2) is 3.61. The van der Waals surface area contributed by atoms with Gasteiger partial charge in [-0.3, -0.25) is 9.89 Å². The summed E-state index contributed by atoms with van der Waals surface area (Å²) in [6.45, 7) is 3.64. The number of carbonyl (C=O) groups is 1. The summed E-state index contributed by atoms with van der Waals surface area (Å²) in [7, 11) is 0. The Morgan fingerprint density at radius 2 is 2.27 bits per heavy atom. The summed E-state index contributed by atoms with van der Waals surface area (Å²) in [6.07, 6.45) is 1.64. The highest BCUT2D eigenvalue weighted by Crippen LogP contribution is 2.12. The van der Waals surface area contributed by atoms with Crippen molar-refractivity contribution in [1.29, 1.82) is 0 Å². The van der Waals surface area contributed by atoms with E-state index in [1.807, 2.05) is 6.92 Å². The average Bonchev–Trinajstić information content (AvgIpc) is 2.77. The molecule has 0 aliphatic rings. The topological polar surface area (TPSA) is 70.9 Å². The lowest BCUT2D eigenvalue weighted by Gasteiger charge is -2.00. The molecule has 0 atom stereocenters. The number of carbonyl (C=O) groups excluding carboxylic acids is 1. The van der Waals surface area contributed by atoms with Crippen LogP contribution in [0.2, 0.25) is 0 Å². The van der Waals surface area contributed by atoms with E-state index >= 15 is 0 Å². The van der Waals surface area contributed by atoms with E-state index in [0.717, 1.165) is 5.56 Å². The number of H-pyrrole nitrogens is 1. The minimum atomic E-state index is -0.282. The summed E-state index contributed by atoms with van der Waals surface area (Å²) >= 11 is 0. The molecule has 78 valence electrons. The summed E-state index contributed by atoms with van der Waals surface area (Å²) in [5.41, 5.74) is 0.881. The van der Waals surface area contributed by atoms with Crippen LogP contribution >= 0.6 is 0 Å². The number of anilines is 1. The number of nitrogens with one attached hydrogen (secondary N) is 2. The molecule has 2 aromatic heterocycles. The van der Waals surface area contributed by atoms with Crippen molar-refractivity contribution >= 4 is 11.7 Å². The molecule has 0 fully saturated rings. The van der Waals surface area contributed by atoms with E-state index in [0.29, 0.717) is 17.3 Å². The van der Waals surface area contributed by atoms with Gasteiger partial charge < -0.3 is 9.73 Å². The van der Waals surface area contributed by atoms with Crippen LogP contribution in [-0.2, 0) is 0 Å². The molecule has 0 aliphatic heterocycles. The van der Waals surface area contributed by atoms with Crippen LogP contribution in [0.5, 0.6) is 0 Å². The van der Waals surface area contributed by atoms with E-state index < -0.39 is 0 Å². The van der Waals surface area contributed by atoms with Gasteiger partial charge in [0.1, 0.15) is 11.6 Å². The fourth-order valence-electron chi connectivity index (χ4n) is 1.20.